The fourth-order valence-electron chi connectivity index (χ4n) is 4.63. The van der Waals surface area contributed by atoms with E-state index in [1.165, 1.54) is 31.5 Å². The molecule has 1 saturated heterocycles. The highest BCUT2D eigenvalue weighted by atomic mass is 19.4. The third-order valence-corrected chi connectivity index (χ3v) is 6.56. The highest BCUT2D eigenvalue weighted by Gasteiger charge is 2.36. The first kappa shape index (κ1) is 29.2. The summed E-state index contributed by atoms with van der Waals surface area (Å²) in [6.45, 7) is 5.85. The lowest BCUT2D eigenvalue weighted by atomic mass is 9.79. The number of pyridine rings is 1. The van der Waals surface area contributed by atoms with Crippen LogP contribution in [0.15, 0.2) is 36.5 Å². The highest BCUT2D eigenvalue weighted by Crippen LogP contribution is 2.33. The number of amides is 1. The molecule has 208 valence electrons. The minimum absolute atomic E-state index is 0.0506. The van der Waals surface area contributed by atoms with Gasteiger partial charge in [0, 0.05) is 18.2 Å². The van der Waals surface area contributed by atoms with Crippen molar-refractivity contribution in [3.8, 4) is 11.5 Å². The molecule has 2 heterocycles. The van der Waals surface area contributed by atoms with Crippen molar-refractivity contribution in [1.29, 1.82) is 0 Å². The maximum Gasteiger partial charge on any atom is 0.416 e. The van der Waals surface area contributed by atoms with Crippen LogP contribution in [-0.4, -0.2) is 54.4 Å². The van der Waals surface area contributed by atoms with E-state index in [9.17, 15) is 27.9 Å². The van der Waals surface area contributed by atoms with Gasteiger partial charge in [-0.2, -0.15) is 13.2 Å². The van der Waals surface area contributed by atoms with Crippen LogP contribution in [0.2, 0.25) is 0 Å². The van der Waals surface area contributed by atoms with Gasteiger partial charge in [-0.3, -0.25) is 4.79 Å². The van der Waals surface area contributed by atoms with Crippen molar-refractivity contribution in [3.63, 3.8) is 0 Å². The summed E-state index contributed by atoms with van der Waals surface area (Å²) in [5.74, 6) is -1.96. The van der Waals surface area contributed by atoms with Crippen molar-refractivity contribution in [2.24, 2.45) is 17.8 Å². The van der Waals surface area contributed by atoms with Crippen LogP contribution in [0.4, 0.5) is 13.2 Å². The largest absolute Gasteiger partial charge is 0.503 e. The Kier molecular flexibility index (Phi) is 9.59. The third kappa shape index (κ3) is 7.37. The van der Waals surface area contributed by atoms with Crippen LogP contribution in [-0.2, 0) is 26.9 Å². The summed E-state index contributed by atoms with van der Waals surface area (Å²) in [5, 5.41) is 12.7. The van der Waals surface area contributed by atoms with Crippen molar-refractivity contribution in [1.82, 2.24) is 10.3 Å². The van der Waals surface area contributed by atoms with Gasteiger partial charge in [-0.1, -0.05) is 26.0 Å². The molecule has 1 amide bonds. The van der Waals surface area contributed by atoms with Crippen molar-refractivity contribution in [2.45, 2.75) is 51.9 Å². The lowest BCUT2D eigenvalue weighted by molar-refractivity contribution is -0.154. The number of cyclic esters (lactones) is 1. The molecule has 0 unspecified atom stereocenters. The first-order chi connectivity index (χ1) is 17.9. The first-order valence-electron chi connectivity index (χ1n) is 12.4. The minimum atomic E-state index is -4.42. The maximum atomic E-state index is 13.0. The molecule has 1 fully saturated rings. The smallest absolute Gasteiger partial charge is 0.416 e. The van der Waals surface area contributed by atoms with Gasteiger partial charge in [-0.05, 0) is 49.3 Å². The van der Waals surface area contributed by atoms with Gasteiger partial charge >= 0.3 is 12.1 Å². The van der Waals surface area contributed by atoms with Crippen LogP contribution in [0.5, 0.6) is 11.5 Å². The Bertz CT molecular complexity index is 1110. The number of benzene rings is 1. The average Bonchev–Trinajstić information content (AvgIpc) is 2.89. The SMILES string of the molecule is COc1ccnc(C(=O)N[C@H]2COC[C@H](Cc3ccc(C(F)(F)F)cc3)[C@@H](CC(C)C)[C@H](C)OC2=O)c1O. The van der Waals surface area contributed by atoms with Gasteiger partial charge < -0.3 is 24.6 Å². The number of esters is 1. The van der Waals surface area contributed by atoms with Gasteiger partial charge in [0.15, 0.2) is 23.2 Å². The van der Waals surface area contributed by atoms with E-state index in [2.05, 4.69) is 10.3 Å². The van der Waals surface area contributed by atoms with E-state index in [1.807, 2.05) is 13.8 Å². The van der Waals surface area contributed by atoms with Crippen molar-refractivity contribution in [3.05, 3.63) is 53.3 Å². The Labute approximate surface area is 219 Å². The van der Waals surface area contributed by atoms with Gasteiger partial charge in [0.05, 0.1) is 25.9 Å². The number of ether oxygens (including phenoxy) is 3. The van der Waals surface area contributed by atoms with Crippen LogP contribution in [0.25, 0.3) is 0 Å². The topological polar surface area (TPSA) is 107 Å². The zero-order chi connectivity index (χ0) is 28.0. The Morgan fingerprint density at radius 2 is 1.89 bits per heavy atom. The summed E-state index contributed by atoms with van der Waals surface area (Å²) in [6.07, 6.45) is -2.55. The Morgan fingerprint density at radius 3 is 2.50 bits per heavy atom. The molecule has 0 bridgehead atoms. The summed E-state index contributed by atoms with van der Waals surface area (Å²) in [7, 11) is 1.33. The molecule has 38 heavy (non-hydrogen) atoms. The van der Waals surface area contributed by atoms with E-state index in [-0.39, 0.29) is 42.4 Å². The lowest BCUT2D eigenvalue weighted by Crippen LogP contribution is -2.46. The Morgan fingerprint density at radius 1 is 1.21 bits per heavy atom. The molecule has 1 aliphatic rings. The summed E-state index contributed by atoms with van der Waals surface area (Å²) < 4.78 is 55.6. The van der Waals surface area contributed by atoms with E-state index >= 15 is 0 Å². The molecule has 1 aliphatic heterocycles. The zero-order valence-corrected chi connectivity index (χ0v) is 21.7. The number of methoxy groups -OCH3 is 1. The second-order valence-electron chi connectivity index (χ2n) is 9.87. The quantitative estimate of drug-likeness (QED) is 0.504. The molecule has 0 radical (unpaired) electrons. The highest BCUT2D eigenvalue weighted by molar-refractivity contribution is 5.98. The van der Waals surface area contributed by atoms with Crippen LogP contribution in [0.1, 0.15) is 48.8 Å². The number of hydrogen-bond acceptors (Lipinski definition) is 7. The molecule has 1 aromatic heterocycles. The maximum absolute atomic E-state index is 13.0. The molecule has 2 N–H and O–H groups in total. The van der Waals surface area contributed by atoms with Crippen molar-refractivity contribution < 1.29 is 42.1 Å². The number of nitrogens with zero attached hydrogens (tertiary/aromatic N) is 1. The predicted molar refractivity (Wildman–Crippen MR) is 132 cm³/mol. The molecule has 1 aromatic carbocycles. The summed E-state index contributed by atoms with van der Waals surface area (Å²) >= 11 is 0. The van der Waals surface area contributed by atoms with E-state index in [4.69, 9.17) is 14.2 Å². The normalized spacial score (nSPS) is 22.7. The number of rotatable bonds is 7. The van der Waals surface area contributed by atoms with Gasteiger partial charge in [0.2, 0.25) is 0 Å². The van der Waals surface area contributed by atoms with E-state index in [1.54, 1.807) is 6.92 Å². The molecule has 8 nitrogen and oxygen atoms in total. The number of alkyl halides is 3. The number of hydrogen-bond donors (Lipinski definition) is 2. The summed E-state index contributed by atoms with van der Waals surface area (Å²) in [4.78, 5) is 29.7. The molecule has 3 rings (SSSR count). The van der Waals surface area contributed by atoms with Crippen molar-refractivity contribution in [2.75, 3.05) is 20.3 Å². The first-order valence-corrected chi connectivity index (χ1v) is 12.4. The summed E-state index contributed by atoms with van der Waals surface area (Å²) in [5.41, 5.74) is -0.325. The summed E-state index contributed by atoms with van der Waals surface area (Å²) in [6, 6.07) is 5.24. The molecule has 0 aliphatic carbocycles. The monoisotopic (exact) mass is 538 g/mol. The Hall–Kier alpha value is -3.34. The molecular weight excluding hydrogens is 505 g/mol. The molecular formula is C27H33F3N2O6. The van der Waals surface area contributed by atoms with Crippen LogP contribution >= 0.6 is 0 Å². The average molecular weight is 539 g/mol. The van der Waals surface area contributed by atoms with Crippen molar-refractivity contribution >= 4 is 11.9 Å². The molecule has 0 saturated carbocycles. The second-order valence-corrected chi connectivity index (χ2v) is 9.87. The van der Waals surface area contributed by atoms with Gasteiger partial charge in [-0.25, -0.2) is 9.78 Å². The lowest BCUT2D eigenvalue weighted by Gasteiger charge is -2.32. The zero-order valence-electron chi connectivity index (χ0n) is 21.7. The molecule has 0 spiro atoms. The number of aromatic hydroxyl groups is 1. The van der Waals surface area contributed by atoms with Gasteiger partial charge in [0.1, 0.15) is 6.10 Å². The van der Waals surface area contributed by atoms with Crippen LogP contribution < -0.4 is 10.1 Å². The standard InChI is InChI=1S/C27H33F3N2O6/c1-15(2)11-20-16(3)38-26(35)21(32-25(34)23-24(33)22(36-4)9-10-31-23)14-37-13-18(20)12-17-5-7-19(8-6-17)27(28,29)30/h5-10,15-16,18,20-21,33H,11-14H2,1-4H3,(H,32,34)/t16-,18-,20-,21-/m0/s1. The van der Waals surface area contributed by atoms with Crippen LogP contribution in [0, 0.1) is 17.8 Å². The van der Waals surface area contributed by atoms with Gasteiger partial charge in [0.25, 0.3) is 5.91 Å². The van der Waals surface area contributed by atoms with Crippen LogP contribution in [0.3, 0.4) is 0 Å². The number of aromatic nitrogens is 1. The predicted octanol–water partition coefficient (Wildman–Crippen LogP) is 4.40. The van der Waals surface area contributed by atoms with E-state index < -0.39 is 41.5 Å². The second kappa shape index (κ2) is 12.5. The number of carbonyl (C=O) groups is 2. The minimum Gasteiger partial charge on any atom is -0.503 e. The molecule has 11 heteroatoms. The Balaban J connectivity index is 1.79. The third-order valence-electron chi connectivity index (χ3n) is 6.56. The fraction of sp³-hybridized carbons (Fsp3) is 0.519. The van der Waals surface area contributed by atoms with E-state index in [0.717, 1.165) is 12.1 Å². The fourth-order valence-corrected chi connectivity index (χ4v) is 4.63. The molecule has 2 aromatic rings. The number of halogens is 3. The molecule has 4 atom stereocenters. The number of carbonyl (C=O) groups excluding carboxylic acids is 2. The van der Waals surface area contributed by atoms with Gasteiger partial charge in [-0.15, -0.1) is 0 Å². The number of nitrogens with one attached hydrogen (secondary N) is 1. The van der Waals surface area contributed by atoms with E-state index in [0.29, 0.717) is 18.4 Å².